The van der Waals surface area contributed by atoms with Crippen LogP contribution in [0.25, 0.3) is 33.5 Å². The summed E-state index contributed by atoms with van der Waals surface area (Å²) < 4.78 is 115. The number of anilines is 2. The Bertz CT molecular complexity index is 3490. The van der Waals surface area contributed by atoms with Crippen LogP contribution in [0.3, 0.4) is 0 Å². The van der Waals surface area contributed by atoms with Crippen LogP contribution in [0.2, 0.25) is 0 Å². The van der Waals surface area contributed by atoms with Gasteiger partial charge in [-0.15, -0.1) is 0 Å². The molecular formula is C34H47N14O24P4+. The summed E-state index contributed by atoms with van der Waals surface area (Å²) >= 11 is 0. The fourth-order valence-electron chi connectivity index (χ4n) is 8.66. The second-order valence-corrected chi connectivity index (χ2v) is 22.9. The van der Waals surface area contributed by atoms with E-state index in [2.05, 4.69) is 48.5 Å². The number of nitrogens with zero attached hydrogens (tertiary/aromatic N) is 10. The number of phosphoric ester groups is 3. The van der Waals surface area contributed by atoms with Crippen molar-refractivity contribution in [2.24, 2.45) is 7.05 Å². The molecule has 76 heavy (non-hydrogen) atoms. The predicted molar refractivity (Wildman–Crippen MR) is 244 cm³/mol. The summed E-state index contributed by atoms with van der Waals surface area (Å²) in [6, 6.07) is 0. The summed E-state index contributed by atoms with van der Waals surface area (Å²) in [5.74, 6) is -0.164. The van der Waals surface area contributed by atoms with E-state index < -0.39 is 136 Å². The second-order valence-electron chi connectivity index (χ2n) is 16.9. The van der Waals surface area contributed by atoms with Crippen LogP contribution in [0, 0.1) is 6.92 Å². The van der Waals surface area contributed by atoms with Gasteiger partial charge in [-0.05, 0) is 6.92 Å². The van der Waals surface area contributed by atoms with Gasteiger partial charge in [-0.25, -0.2) is 47.7 Å². The van der Waals surface area contributed by atoms with Crippen molar-refractivity contribution in [3.8, 4) is 0 Å². The molecule has 38 nitrogen and oxygen atoms in total. The number of ether oxygens (including phenoxy) is 5. The monoisotopic (exact) mass is 1160 g/mol. The third kappa shape index (κ3) is 11.1. The molecule has 6 aromatic rings. The second kappa shape index (κ2) is 21.0. The van der Waals surface area contributed by atoms with Gasteiger partial charge in [0.15, 0.2) is 41.4 Å². The van der Waals surface area contributed by atoms with Crippen molar-refractivity contribution < 1.29 is 108 Å². The predicted octanol–water partition coefficient (Wildman–Crippen LogP) is -3.33. The molecular weight excluding hydrogens is 1110 g/mol. The van der Waals surface area contributed by atoms with Crippen LogP contribution in [0.1, 0.15) is 24.5 Å². The Morgan fingerprint density at radius 1 is 0.684 bits per heavy atom. The van der Waals surface area contributed by atoms with Crippen molar-refractivity contribution in [1.82, 2.24) is 53.6 Å². The summed E-state index contributed by atoms with van der Waals surface area (Å²) in [5, 5.41) is 32.9. The molecule has 16 atom stereocenters. The third-order valence-corrected chi connectivity index (χ3v) is 17.1. The number of H-pyrrole nitrogens is 2. The van der Waals surface area contributed by atoms with Crippen LogP contribution in [0.15, 0.2) is 34.9 Å². The Labute approximate surface area is 422 Å². The van der Waals surface area contributed by atoms with Crippen LogP contribution in [-0.2, 0) is 75.7 Å². The zero-order valence-corrected chi connectivity index (χ0v) is 42.9. The van der Waals surface area contributed by atoms with E-state index in [0.29, 0.717) is 0 Å². The van der Waals surface area contributed by atoms with Gasteiger partial charge in [-0.3, -0.25) is 46.4 Å². The number of aryl methyl sites for hydroxylation is 2. The Morgan fingerprint density at radius 3 is 1.93 bits per heavy atom. The van der Waals surface area contributed by atoms with E-state index in [1.165, 1.54) is 34.0 Å². The SMILES string of the molecule is COC1[C@@H](OP(=O)(O)OC[C@H]2O[C@@H](n3cnc4c(=O)[nH]c(C)nc43)C(O)[C@H]2O)[C@@H](COP(=O)(O)OP(=O)(O)OP(=O)(O)OC[C@H]2O[C@@H]([n+]3cn(C)c4c(=O)[nH]c(N)nc43)[C@@H](O)C2OC)O[C@H]1n1cnc2c(N)ncnc21. The number of nitrogens with two attached hydrogens (primary N) is 2. The largest absolute Gasteiger partial charge is 0.490 e. The van der Waals surface area contributed by atoms with Gasteiger partial charge in [-0.1, -0.05) is 4.98 Å². The number of rotatable bonds is 20. The molecule has 0 aromatic carbocycles. The maximum absolute atomic E-state index is 13.7. The average molecular weight is 1160 g/mol. The highest BCUT2D eigenvalue weighted by molar-refractivity contribution is 7.66. The minimum absolute atomic E-state index is 0.0206. The Balaban J connectivity index is 0.866. The van der Waals surface area contributed by atoms with Crippen LogP contribution in [0.5, 0.6) is 0 Å². The molecule has 0 saturated carbocycles. The maximum Gasteiger partial charge on any atom is 0.490 e. The Hall–Kier alpha value is -4.95. The number of imidazole rings is 3. The quantitative estimate of drug-likeness (QED) is 0.0263. The van der Waals surface area contributed by atoms with Crippen molar-refractivity contribution in [3.05, 3.63) is 51.8 Å². The Kier molecular flexibility index (Phi) is 15.4. The number of methoxy groups -OCH3 is 2. The molecule has 3 aliphatic rings. The van der Waals surface area contributed by atoms with Gasteiger partial charge in [0.25, 0.3) is 17.1 Å². The molecule has 13 N–H and O–H groups in total. The first-order valence-electron chi connectivity index (χ1n) is 21.8. The fourth-order valence-corrected chi connectivity index (χ4v) is 13.1. The number of nitrogen functional groups attached to an aromatic ring is 2. The molecule has 3 fully saturated rings. The number of aromatic nitrogens is 12. The molecule has 0 spiro atoms. The molecule has 9 rings (SSSR count). The number of aromatic amines is 2. The summed E-state index contributed by atoms with van der Waals surface area (Å²) in [5.41, 5.74) is 10.3. The van der Waals surface area contributed by atoms with Crippen LogP contribution in [-0.4, -0.2) is 177 Å². The molecule has 0 amide bonds. The molecule has 7 unspecified atom stereocenters. The first-order chi connectivity index (χ1) is 35.7. The molecule has 3 aliphatic heterocycles. The van der Waals surface area contributed by atoms with E-state index >= 15 is 0 Å². The lowest BCUT2D eigenvalue weighted by atomic mass is 10.1. The molecule has 0 radical (unpaired) electrons. The van der Waals surface area contributed by atoms with Crippen LogP contribution >= 0.6 is 31.3 Å². The highest BCUT2D eigenvalue weighted by Gasteiger charge is 2.54. The van der Waals surface area contributed by atoms with Gasteiger partial charge in [-0.2, -0.15) is 8.62 Å². The lowest BCUT2D eigenvalue weighted by molar-refractivity contribution is -0.745. The molecule has 0 bridgehead atoms. The number of phosphoric acid groups is 4. The highest BCUT2D eigenvalue weighted by Crippen LogP contribution is 2.68. The minimum Gasteiger partial charge on any atom is -0.387 e. The van der Waals surface area contributed by atoms with Gasteiger partial charge < -0.3 is 75.0 Å². The van der Waals surface area contributed by atoms with E-state index in [1.807, 2.05) is 0 Å². The van der Waals surface area contributed by atoms with Gasteiger partial charge in [0.05, 0.1) is 39.5 Å². The van der Waals surface area contributed by atoms with E-state index in [0.717, 1.165) is 37.8 Å². The van der Waals surface area contributed by atoms with Crippen molar-refractivity contribution >= 4 is 76.5 Å². The highest BCUT2D eigenvalue weighted by atomic mass is 31.3. The lowest BCUT2D eigenvalue weighted by Crippen LogP contribution is -2.46. The molecule has 416 valence electrons. The van der Waals surface area contributed by atoms with Gasteiger partial charge >= 0.3 is 36.9 Å². The minimum atomic E-state index is -6.17. The fraction of sp³-hybridized carbons (Fsp3) is 0.559. The smallest absolute Gasteiger partial charge is 0.387 e. The van der Waals surface area contributed by atoms with E-state index in [1.54, 1.807) is 0 Å². The van der Waals surface area contributed by atoms with Crippen molar-refractivity contribution in [2.45, 2.75) is 80.5 Å². The number of nitrogens with one attached hydrogen (secondary N) is 2. The molecule has 6 aromatic heterocycles. The summed E-state index contributed by atoms with van der Waals surface area (Å²) in [7, 11) is -19.6. The number of aliphatic hydroxyl groups is 3. The van der Waals surface area contributed by atoms with Gasteiger partial charge in [0.2, 0.25) is 11.7 Å². The van der Waals surface area contributed by atoms with Crippen molar-refractivity contribution in [1.29, 1.82) is 0 Å². The summed E-state index contributed by atoms with van der Waals surface area (Å²) in [6.45, 7) is -1.72. The molecule has 42 heteroatoms. The summed E-state index contributed by atoms with van der Waals surface area (Å²) in [6.07, 6.45) is -14.2. The third-order valence-electron chi connectivity index (χ3n) is 11.9. The number of fused-ring (bicyclic) bond motifs is 3. The first-order valence-corrected chi connectivity index (χ1v) is 27.7. The number of hydrogen-bond acceptors (Lipinski definition) is 28. The van der Waals surface area contributed by atoms with E-state index in [4.69, 9.17) is 53.2 Å². The van der Waals surface area contributed by atoms with E-state index in [-0.39, 0.29) is 51.1 Å². The van der Waals surface area contributed by atoms with Gasteiger partial charge in [0.1, 0.15) is 72.6 Å². The maximum atomic E-state index is 13.7. The normalized spacial score (nSPS) is 30.2. The van der Waals surface area contributed by atoms with Gasteiger partial charge in [0, 0.05) is 14.2 Å². The molecule has 0 aliphatic carbocycles. The zero-order valence-electron chi connectivity index (χ0n) is 39.3. The van der Waals surface area contributed by atoms with E-state index in [9.17, 15) is 62.7 Å². The van der Waals surface area contributed by atoms with Crippen LogP contribution < -0.4 is 27.2 Å². The average Bonchev–Trinajstić information content (AvgIpc) is 4.18. The zero-order chi connectivity index (χ0) is 55.0. The standard InChI is InChI=1S/C34H46N14O24P4/c1-12-41-27-17(29(52)42-12)40-10-47(27)31-20(50)19(49)13(67-31)5-64-73(54,55)70-23-15(69-33(24(23)63-4)46-9-39-16-25(35)37-8-38-26(16)46)7-66-75(58,59)72-76(60,61)71-74(56,57)65-6-14-22(62-3)21(51)32(68-14)48-11-45(2)18-28(48)43-34(36)44-30(18)53/h8-11,13-15,19-24,31-33,49-51H,5-7H2,1-4H3,(H9-,35,36,37,38,41,42,43,44,52,53,54,55,56,57,58,59,60,61)/p+1/t13-,14-,15-,19+,20?,21+,22?,23+,24?,31-,32-,33-/m1/s1. The number of hydrogen-bond donors (Lipinski definition) is 11. The van der Waals surface area contributed by atoms with Crippen molar-refractivity contribution in [2.75, 3.05) is 45.5 Å². The van der Waals surface area contributed by atoms with Crippen LogP contribution in [0.4, 0.5) is 11.8 Å². The first kappa shape index (κ1) is 55.8. The molecule has 9 heterocycles. The Morgan fingerprint density at radius 2 is 1.28 bits per heavy atom. The number of aliphatic hydroxyl groups excluding tert-OH is 3. The molecule has 3 saturated heterocycles. The summed E-state index contributed by atoms with van der Waals surface area (Å²) in [4.78, 5) is 96.7. The lowest BCUT2D eigenvalue weighted by Gasteiger charge is -2.26. The van der Waals surface area contributed by atoms with Crippen molar-refractivity contribution in [3.63, 3.8) is 0 Å². The topological polar surface area (TPSA) is 525 Å².